The van der Waals surface area contributed by atoms with Crippen LogP contribution >= 0.6 is 0 Å². The van der Waals surface area contributed by atoms with Gasteiger partial charge in [0.25, 0.3) is 0 Å². The Kier molecular flexibility index (Phi) is 18.9. The Morgan fingerprint density at radius 1 is 0.556 bits per heavy atom. The molecule has 0 saturated carbocycles. The maximum Gasteiger partial charge on any atom is 0.305 e. The summed E-state index contributed by atoms with van der Waals surface area (Å²) < 4.78 is 10.0. The smallest absolute Gasteiger partial charge is 0.305 e. The molecule has 0 rings (SSSR count). The number of hydrogen-bond donors (Lipinski definition) is 0. The van der Waals surface area contributed by atoms with Crippen LogP contribution in [-0.2, 0) is 19.1 Å². The van der Waals surface area contributed by atoms with Gasteiger partial charge in [-0.2, -0.15) is 0 Å². The highest BCUT2D eigenvalue weighted by Crippen LogP contribution is 2.15. The summed E-state index contributed by atoms with van der Waals surface area (Å²) in [5.41, 5.74) is 0. The number of unbranched alkanes of at least 4 members (excludes halogenated alkanes) is 15. The summed E-state index contributed by atoms with van der Waals surface area (Å²) in [5.74, 6) is -0.810. The predicted molar refractivity (Wildman–Crippen MR) is 111 cm³/mol. The van der Waals surface area contributed by atoms with Crippen molar-refractivity contribution in [2.24, 2.45) is 0 Å². The fourth-order valence-electron chi connectivity index (χ4n) is 3.37. The predicted octanol–water partition coefficient (Wildman–Crippen LogP) is 7.09. The zero-order chi connectivity index (χ0) is 20.2. The van der Waals surface area contributed by atoms with Gasteiger partial charge in [0.1, 0.15) is 0 Å². The second-order valence-electron chi connectivity index (χ2n) is 7.74. The van der Waals surface area contributed by atoms with Crippen LogP contribution in [0, 0.1) is 0 Å². The number of ether oxygens (including phenoxy) is 2. The highest BCUT2D eigenvalue weighted by atomic mass is 16.7. The van der Waals surface area contributed by atoms with Gasteiger partial charge in [-0.25, -0.2) is 0 Å². The van der Waals surface area contributed by atoms with Gasteiger partial charge in [0.05, 0.1) is 0 Å². The summed E-state index contributed by atoms with van der Waals surface area (Å²) in [5, 5.41) is 0. The Bertz CT molecular complexity index is 338. The highest BCUT2D eigenvalue weighted by Gasteiger charge is 2.14. The first-order valence-corrected chi connectivity index (χ1v) is 11.4. The van der Waals surface area contributed by atoms with Crippen LogP contribution in [0.4, 0.5) is 0 Å². The SMILES string of the molecule is CCCCCCCCCCCCCCCCCCC(OC(C)=O)OC(C)=O. The van der Waals surface area contributed by atoms with E-state index in [1.807, 2.05) is 0 Å². The van der Waals surface area contributed by atoms with E-state index in [-0.39, 0.29) is 0 Å². The molecule has 4 nitrogen and oxygen atoms in total. The summed E-state index contributed by atoms with van der Waals surface area (Å²) in [7, 11) is 0. The normalized spacial score (nSPS) is 11.0. The molecule has 0 aromatic rings. The number of carbonyl (C=O) groups excluding carboxylic acids is 2. The Hall–Kier alpha value is -1.06. The van der Waals surface area contributed by atoms with Gasteiger partial charge in [-0.05, 0) is 6.42 Å². The minimum Gasteiger partial charge on any atom is -0.425 e. The molecule has 0 bridgehead atoms. The van der Waals surface area contributed by atoms with Crippen molar-refractivity contribution >= 4 is 11.9 Å². The van der Waals surface area contributed by atoms with Gasteiger partial charge in [0.15, 0.2) is 0 Å². The second-order valence-corrected chi connectivity index (χ2v) is 7.74. The van der Waals surface area contributed by atoms with Gasteiger partial charge in [0, 0.05) is 20.3 Å². The minimum absolute atomic E-state index is 0.405. The number of hydrogen-bond acceptors (Lipinski definition) is 4. The Morgan fingerprint density at radius 2 is 0.852 bits per heavy atom. The third-order valence-corrected chi connectivity index (χ3v) is 4.89. The molecule has 0 aliphatic carbocycles. The molecule has 160 valence electrons. The van der Waals surface area contributed by atoms with Crippen molar-refractivity contribution in [1.29, 1.82) is 0 Å². The molecule has 0 aliphatic rings. The lowest BCUT2D eigenvalue weighted by Crippen LogP contribution is -2.22. The highest BCUT2D eigenvalue weighted by molar-refractivity contribution is 5.68. The third kappa shape index (κ3) is 21.1. The van der Waals surface area contributed by atoms with E-state index in [4.69, 9.17) is 9.47 Å². The Labute approximate surface area is 167 Å². The lowest BCUT2D eigenvalue weighted by Gasteiger charge is -2.16. The Morgan fingerprint density at radius 3 is 1.15 bits per heavy atom. The first-order valence-electron chi connectivity index (χ1n) is 11.4. The van der Waals surface area contributed by atoms with Crippen LogP contribution in [-0.4, -0.2) is 18.2 Å². The molecule has 0 N–H and O–H groups in total. The van der Waals surface area contributed by atoms with E-state index in [2.05, 4.69) is 6.92 Å². The van der Waals surface area contributed by atoms with Gasteiger partial charge in [0.2, 0.25) is 6.29 Å². The van der Waals surface area contributed by atoms with Crippen molar-refractivity contribution in [3.8, 4) is 0 Å². The van der Waals surface area contributed by atoms with Crippen LogP contribution in [0.2, 0.25) is 0 Å². The molecule has 4 heteroatoms. The number of esters is 2. The molecule has 0 saturated heterocycles. The standard InChI is InChI=1S/C23H44O4/c1-4-5-6-7-8-9-10-11-12-13-14-15-16-17-18-19-20-23(26-21(2)24)27-22(3)25/h23H,4-20H2,1-3H3. The molecular weight excluding hydrogens is 340 g/mol. The van der Waals surface area contributed by atoms with Crippen LogP contribution in [0.1, 0.15) is 130 Å². The van der Waals surface area contributed by atoms with Crippen molar-refractivity contribution in [3.05, 3.63) is 0 Å². The van der Waals surface area contributed by atoms with Crippen molar-refractivity contribution in [1.82, 2.24) is 0 Å². The molecule has 0 radical (unpaired) electrons. The molecule has 0 spiro atoms. The summed E-state index contributed by atoms with van der Waals surface area (Å²) in [6.45, 7) is 4.95. The molecule has 0 aromatic carbocycles. The van der Waals surface area contributed by atoms with E-state index in [0.29, 0.717) is 6.42 Å². The average Bonchev–Trinajstić information content (AvgIpc) is 2.60. The quantitative estimate of drug-likeness (QED) is 0.135. The topological polar surface area (TPSA) is 52.6 Å². The molecule has 0 amide bonds. The summed E-state index contributed by atoms with van der Waals surface area (Å²) in [6, 6.07) is 0. The second kappa shape index (κ2) is 19.7. The van der Waals surface area contributed by atoms with E-state index in [1.54, 1.807) is 0 Å². The van der Waals surface area contributed by atoms with E-state index in [0.717, 1.165) is 12.8 Å². The van der Waals surface area contributed by atoms with Crippen LogP contribution in [0.15, 0.2) is 0 Å². The van der Waals surface area contributed by atoms with Gasteiger partial charge in [-0.1, -0.05) is 103 Å². The van der Waals surface area contributed by atoms with Gasteiger partial charge in [-0.15, -0.1) is 0 Å². The van der Waals surface area contributed by atoms with Gasteiger partial charge < -0.3 is 9.47 Å². The monoisotopic (exact) mass is 384 g/mol. The van der Waals surface area contributed by atoms with Crippen LogP contribution in [0.3, 0.4) is 0 Å². The molecule has 0 atom stereocenters. The molecule has 27 heavy (non-hydrogen) atoms. The van der Waals surface area contributed by atoms with Gasteiger partial charge >= 0.3 is 11.9 Å². The van der Waals surface area contributed by atoms with Crippen molar-refractivity contribution in [3.63, 3.8) is 0 Å². The fourth-order valence-corrected chi connectivity index (χ4v) is 3.37. The lowest BCUT2D eigenvalue weighted by molar-refractivity contribution is -0.186. The van der Waals surface area contributed by atoms with E-state index >= 15 is 0 Å². The molecule has 0 aliphatic heterocycles. The largest absolute Gasteiger partial charge is 0.425 e. The zero-order valence-electron chi connectivity index (χ0n) is 18.2. The molecule has 0 unspecified atom stereocenters. The van der Waals surface area contributed by atoms with Crippen molar-refractivity contribution in [2.75, 3.05) is 0 Å². The van der Waals surface area contributed by atoms with Crippen LogP contribution in [0.5, 0.6) is 0 Å². The Balaban J connectivity index is 3.32. The third-order valence-electron chi connectivity index (χ3n) is 4.89. The van der Waals surface area contributed by atoms with Crippen LogP contribution in [0.25, 0.3) is 0 Å². The van der Waals surface area contributed by atoms with E-state index in [1.165, 1.54) is 104 Å². The molecule has 0 aromatic heterocycles. The van der Waals surface area contributed by atoms with Crippen LogP contribution < -0.4 is 0 Å². The molecular formula is C23H44O4. The van der Waals surface area contributed by atoms with Gasteiger partial charge in [-0.3, -0.25) is 9.59 Å². The number of rotatable bonds is 19. The molecule has 0 fully saturated rings. The fraction of sp³-hybridized carbons (Fsp3) is 0.913. The maximum atomic E-state index is 11.0. The lowest BCUT2D eigenvalue weighted by atomic mass is 10.0. The first kappa shape index (κ1) is 25.9. The average molecular weight is 385 g/mol. The zero-order valence-corrected chi connectivity index (χ0v) is 18.2. The van der Waals surface area contributed by atoms with E-state index in [9.17, 15) is 9.59 Å². The van der Waals surface area contributed by atoms with E-state index < -0.39 is 18.2 Å². The van der Waals surface area contributed by atoms with Crippen molar-refractivity contribution in [2.45, 2.75) is 136 Å². The summed E-state index contributed by atoms with van der Waals surface area (Å²) in [6.07, 6.45) is 21.0. The maximum absolute atomic E-state index is 11.0. The number of carbonyl (C=O) groups is 2. The summed E-state index contributed by atoms with van der Waals surface area (Å²) >= 11 is 0. The molecule has 0 heterocycles. The van der Waals surface area contributed by atoms with Crippen molar-refractivity contribution < 1.29 is 19.1 Å². The summed E-state index contributed by atoms with van der Waals surface area (Å²) in [4.78, 5) is 22.0. The minimum atomic E-state index is -0.716. The first-order chi connectivity index (χ1) is 13.1.